The van der Waals surface area contributed by atoms with Gasteiger partial charge in [0.25, 0.3) is 10.1 Å². The molecule has 5 nitrogen and oxygen atoms in total. The van der Waals surface area contributed by atoms with Gasteiger partial charge in [-0.1, -0.05) is 77.6 Å². The van der Waals surface area contributed by atoms with Gasteiger partial charge in [-0.05, 0) is 13.3 Å². The van der Waals surface area contributed by atoms with Gasteiger partial charge < -0.3 is 5.11 Å². The van der Waals surface area contributed by atoms with Crippen molar-refractivity contribution in [3.63, 3.8) is 0 Å². The molecule has 0 saturated heterocycles. The van der Waals surface area contributed by atoms with E-state index in [1.54, 1.807) is 0 Å². The van der Waals surface area contributed by atoms with Gasteiger partial charge in [0.1, 0.15) is 0 Å². The van der Waals surface area contributed by atoms with Crippen molar-refractivity contribution in [1.82, 2.24) is 0 Å². The maximum atomic E-state index is 11.2. The lowest BCUT2D eigenvalue weighted by Gasteiger charge is -2.20. The minimum absolute atomic E-state index is 0.0435. The van der Waals surface area contributed by atoms with Crippen LogP contribution in [0.5, 0.6) is 0 Å². The first-order valence-corrected chi connectivity index (χ1v) is 9.90. The molecule has 0 fully saturated rings. The molecule has 22 heavy (non-hydrogen) atoms. The zero-order valence-electron chi connectivity index (χ0n) is 14.0. The van der Waals surface area contributed by atoms with Gasteiger partial charge in [0.15, 0.2) is 4.75 Å². The molecule has 132 valence electrons. The number of carboxylic acids is 1. The standard InChI is InChI=1S/C16H32O5S/c1-3-4-5-6-7-8-9-10-11-12-13-14-16(2,15(17)18)22(19,20)21/h3-14H2,1-2H3,(H,17,18)(H,19,20,21). The fourth-order valence-electron chi connectivity index (χ4n) is 2.47. The number of unbranched alkanes of at least 4 members (excludes halogenated alkanes) is 10. The maximum Gasteiger partial charge on any atom is 0.327 e. The topological polar surface area (TPSA) is 91.7 Å². The lowest BCUT2D eigenvalue weighted by atomic mass is 10.0. The Bertz CT molecular complexity index is 405. The lowest BCUT2D eigenvalue weighted by Crippen LogP contribution is -2.43. The summed E-state index contributed by atoms with van der Waals surface area (Å²) in [4.78, 5) is 11.0. The van der Waals surface area contributed by atoms with E-state index >= 15 is 0 Å². The number of aliphatic carboxylic acids is 1. The molecule has 0 aromatic carbocycles. The van der Waals surface area contributed by atoms with Gasteiger partial charge in [0.05, 0.1) is 0 Å². The Labute approximate surface area is 135 Å². The monoisotopic (exact) mass is 336 g/mol. The van der Waals surface area contributed by atoms with Gasteiger partial charge in [-0.25, -0.2) is 0 Å². The highest BCUT2D eigenvalue weighted by atomic mass is 32.2. The summed E-state index contributed by atoms with van der Waals surface area (Å²) in [7, 11) is -4.58. The largest absolute Gasteiger partial charge is 0.480 e. The van der Waals surface area contributed by atoms with Crippen LogP contribution in [-0.2, 0) is 14.9 Å². The Hall–Kier alpha value is -0.620. The van der Waals surface area contributed by atoms with Crippen LogP contribution >= 0.6 is 0 Å². The smallest absolute Gasteiger partial charge is 0.327 e. The van der Waals surface area contributed by atoms with E-state index in [4.69, 9.17) is 9.66 Å². The van der Waals surface area contributed by atoms with Crippen LogP contribution in [0.25, 0.3) is 0 Å². The highest BCUT2D eigenvalue weighted by Crippen LogP contribution is 2.24. The fourth-order valence-corrected chi connectivity index (χ4v) is 3.10. The summed E-state index contributed by atoms with van der Waals surface area (Å²) in [6.07, 6.45) is 12.2. The number of hydrogen-bond donors (Lipinski definition) is 2. The van der Waals surface area contributed by atoms with Gasteiger partial charge in [-0.2, -0.15) is 8.42 Å². The van der Waals surface area contributed by atoms with Crippen molar-refractivity contribution in [1.29, 1.82) is 0 Å². The summed E-state index contributed by atoms with van der Waals surface area (Å²) in [6, 6.07) is 0. The van der Waals surface area contributed by atoms with E-state index in [9.17, 15) is 13.2 Å². The summed E-state index contributed by atoms with van der Waals surface area (Å²) in [5, 5.41) is 8.99. The molecule has 2 N–H and O–H groups in total. The quantitative estimate of drug-likeness (QED) is 0.362. The zero-order valence-corrected chi connectivity index (χ0v) is 14.8. The van der Waals surface area contributed by atoms with Crippen LogP contribution in [0.1, 0.15) is 90.9 Å². The summed E-state index contributed by atoms with van der Waals surface area (Å²) < 4.78 is 29.3. The van der Waals surface area contributed by atoms with Crippen LogP contribution in [0.2, 0.25) is 0 Å². The van der Waals surface area contributed by atoms with Gasteiger partial charge in [0, 0.05) is 0 Å². The van der Waals surface area contributed by atoms with E-state index < -0.39 is 20.8 Å². The summed E-state index contributed by atoms with van der Waals surface area (Å²) in [6.45, 7) is 3.28. The number of carboxylic acid groups (broad SMARTS) is 1. The van der Waals surface area contributed by atoms with Crippen molar-refractivity contribution in [2.24, 2.45) is 0 Å². The second-order valence-electron chi connectivity index (χ2n) is 6.30. The molecule has 0 aromatic heterocycles. The molecule has 0 saturated carbocycles. The van der Waals surface area contributed by atoms with Crippen LogP contribution in [0.15, 0.2) is 0 Å². The first-order valence-electron chi connectivity index (χ1n) is 8.46. The van der Waals surface area contributed by atoms with Gasteiger partial charge in [-0.3, -0.25) is 9.35 Å². The van der Waals surface area contributed by atoms with Crippen LogP contribution < -0.4 is 0 Å². The second-order valence-corrected chi connectivity index (χ2v) is 8.15. The van der Waals surface area contributed by atoms with Crippen molar-refractivity contribution in [2.75, 3.05) is 0 Å². The van der Waals surface area contributed by atoms with Gasteiger partial charge in [-0.15, -0.1) is 0 Å². The van der Waals surface area contributed by atoms with Gasteiger partial charge >= 0.3 is 5.97 Å². The summed E-state index contributed by atoms with van der Waals surface area (Å²) in [5.41, 5.74) is 0. The van der Waals surface area contributed by atoms with Crippen LogP contribution in [0.3, 0.4) is 0 Å². The van der Waals surface area contributed by atoms with E-state index in [1.807, 2.05) is 0 Å². The molecule has 0 bridgehead atoms. The van der Waals surface area contributed by atoms with Crippen molar-refractivity contribution >= 4 is 16.1 Å². The first-order chi connectivity index (χ1) is 10.3. The van der Waals surface area contributed by atoms with Crippen molar-refractivity contribution < 1.29 is 22.9 Å². The second kappa shape index (κ2) is 11.0. The fraction of sp³-hybridized carbons (Fsp3) is 0.938. The Balaban J connectivity index is 3.70. The molecular formula is C16H32O5S. The molecule has 0 rings (SSSR count). The van der Waals surface area contributed by atoms with E-state index in [-0.39, 0.29) is 6.42 Å². The third-order valence-corrected chi connectivity index (χ3v) is 5.80. The molecule has 0 aliphatic heterocycles. The maximum absolute atomic E-state index is 11.2. The SMILES string of the molecule is CCCCCCCCCCCCCC(C)(C(=O)O)S(=O)(=O)O. The first kappa shape index (κ1) is 21.4. The zero-order chi connectivity index (χ0) is 17.1. The van der Waals surface area contributed by atoms with E-state index in [2.05, 4.69) is 6.92 Å². The van der Waals surface area contributed by atoms with Gasteiger partial charge in [0.2, 0.25) is 0 Å². The molecule has 1 atom stereocenters. The highest BCUT2D eigenvalue weighted by molar-refractivity contribution is 7.88. The third kappa shape index (κ3) is 8.13. The Morgan fingerprint density at radius 2 is 1.23 bits per heavy atom. The molecular weight excluding hydrogens is 304 g/mol. The molecule has 0 radical (unpaired) electrons. The Kier molecular flexibility index (Phi) is 10.7. The summed E-state index contributed by atoms with van der Waals surface area (Å²) in [5.74, 6) is -1.48. The Morgan fingerprint density at radius 3 is 1.55 bits per heavy atom. The van der Waals surface area contributed by atoms with E-state index in [0.717, 1.165) is 26.2 Å². The molecule has 6 heteroatoms. The van der Waals surface area contributed by atoms with Crippen LogP contribution in [0.4, 0.5) is 0 Å². The molecule has 0 spiro atoms. The molecule has 0 amide bonds. The van der Waals surface area contributed by atoms with Crippen molar-refractivity contribution in [3.05, 3.63) is 0 Å². The van der Waals surface area contributed by atoms with Crippen molar-refractivity contribution in [3.8, 4) is 0 Å². The average molecular weight is 336 g/mol. The number of carbonyl (C=O) groups is 1. The molecule has 0 aliphatic carbocycles. The molecule has 0 heterocycles. The third-order valence-electron chi connectivity index (χ3n) is 4.28. The van der Waals surface area contributed by atoms with Crippen molar-refractivity contribution in [2.45, 2.75) is 95.6 Å². The number of rotatable bonds is 14. The van der Waals surface area contributed by atoms with Crippen LogP contribution in [-0.4, -0.2) is 28.8 Å². The molecule has 0 aliphatic rings. The van der Waals surface area contributed by atoms with E-state index in [1.165, 1.54) is 44.9 Å². The normalized spacial score (nSPS) is 14.7. The average Bonchev–Trinajstić information content (AvgIpc) is 2.43. The molecule has 1 unspecified atom stereocenters. The van der Waals surface area contributed by atoms with Crippen LogP contribution in [0, 0.1) is 0 Å². The highest BCUT2D eigenvalue weighted by Gasteiger charge is 2.45. The predicted molar refractivity (Wildman–Crippen MR) is 88.7 cm³/mol. The Morgan fingerprint density at radius 1 is 0.864 bits per heavy atom. The summed E-state index contributed by atoms with van der Waals surface area (Å²) >= 11 is 0. The predicted octanol–water partition coefficient (Wildman–Crippen LogP) is 4.42. The minimum atomic E-state index is -4.58. The lowest BCUT2D eigenvalue weighted by molar-refractivity contribution is -0.140. The minimum Gasteiger partial charge on any atom is -0.480 e. The molecule has 0 aromatic rings. The number of hydrogen-bond acceptors (Lipinski definition) is 3. The van der Waals surface area contributed by atoms with E-state index in [0.29, 0.717) is 6.42 Å².